The Morgan fingerprint density at radius 3 is 2.44 bits per heavy atom. The van der Waals surface area contributed by atoms with Gasteiger partial charge >= 0.3 is 18.2 Å². The number of nitro groups is 1. The van der Waals surface area contributed by atoms with Crippen molar-refractivity contribution in [1.29, 1.82) is 0 Å². The minimum atomic E-state index is -4.70. The van der Waals surface area contributed by atoms with E-state index in [1.54, 1.807) is 22.8 Å². The lowest BCUT2D eigenvalue weighted by atomic mass is 10.1. The molecule has 2 aliphatic rings. The highest BCUT2D eigenvalue weighted by atomic mass is 19.4. The molecular weight excluding hydrogens is 545 g/mol. The van der Waals surface area contributed by atoms with Gasteiger partial charge < -0.3 is 34.0 Å². The molecule has 0 spiro atoms. The Bertz CT molecular complexity index is 1340. The second-order valence-electron chi connectivity index (χ2n) is 10.1. The van der Waals surface area contributed by atoms with Crippen molar-refractivity contribution in [2.45, 2.75) is 44.4 Å². The number of piperidine rings is 1. The highest BCUT2D eigenvalue weighted by molar-refractivity contribution is 5.51. The summed E-state index contributed by atoms with van der Waals surface area (Å²) in [5, 5.41) is 10.9. The van der Waals surface area contributed by atoms with Crippen LogP contribution in [-0.2, 0) is 11.3 Å². The van der Waals surface area contributed by atoms with Crippen LogP contribution in [0.25, 0.3) is 6.08 Å². The normalized spacial score (nSPS) is 19.3. The van der Waals surface area contributed by atoms with E-state index >= 15 is 0 Å². The smallest absolute Gasteiger partial charge is 0.489 e. The Balaban J connectivity index is 1.01. The van der Waals surface area contributed by atoms with Crippen LogP contribution < -0.4 is 19.1 Å². The number of alkyl halides is 3. The lowest BCUT2D eigenvalue weighted by Crippen LogP contribution is -2.38. The number of rotatable bonds is 10. The second-order valence-corrected chi connectivity index (χ2v) is 10.1. The average Bonchev–Trinajstić information content (AvgIpc) is 3.46. The molecular formula is C28H29F3N4O6. The molecule has 2 aliphatic heterocycles. The molecule has 0 radical (unpaired) electrons. The maximum absolute atomic E-state index is 12.3. The summed E-state index contributed by atoms with van der Waals surface area (Å²) in [6, 6.07) is 13.7. The van der Waals surface area contributed by atoms with Crippen LogP contribution in [0.15, 0.2) is 60.8 Å². The summed E-state index contributed by atoms with van der Waals surface area (Å²) < 4.78 is 60.0. The van der Waals surface area contributed by atoms with Crippen LogP contribution in [0.5, 0.6) is 17.5 Å². The zero-order valence-electron chi connectivity index (χ0n) is 22.3. The van der Waals surface area contributed by atoms with Crippen molar-refractivity contribution in [2.75, 3.05) is 31.2 Å². The molecule has 10 nitrogen and oxygen atoms in total. The van der Waals surface area contributed by atoms with Crippen molar-refractivity contribution < 1.29 is 37.0 Å². The standard InChI is InChI=1S/C28H29F3N4O6/c1-27(18-34-17-25(35(36)37)32-26(34)41-27)19-39-22-10-6-21(7-11-22)33-14-12-23(13-15-33)38-16-2-3-20-4-8-24(9-5-20)40-28(29,30)31/h2-11,17,23H,12-16,18-19H2,1H3/b3-2+/t27-/m1/s1. The third kappa shape index (κ3) is 7.48. The van der Waals surface area contributed by atoms with Gasteiger partial charge in [0.05, 0.1) is 19.3 Å². The predicted octanol–water partition coefficient (Wildman–Crippen LogP) is 5.62. The van der Waals surface area contributed by atoms with Gasteiger partial charge in [0.25, 0.3) is 0 Å². The van der Waals surface area contributed by atoms with Gasteiger partial charge in [0, 0.05) is 23.8 Å². The predicted molar refractivity (Wildman–Crippen MR) is 143 cm³/mol. The van der Waals surface area contributed by atoms with Gasteiger partial charge in [-0.2, -0.15) is 0 Å². The van der Waals surface area contributed by atoms with Crippen molar-refractivity contribution in [1.82, 2.24) is 9.55 Å². The third-order valence-electron chi connectivity index (χ3n) is 6.80. The summed E-state index contributed by atoms with van der Waals surface area (Å²) in [7, 11) is 0. The van der Waals surface area contributed by atoms with Crippen LogP contribution in [-0.4, -0.2) is 58.8 Å². The Labute approximate surface area is 234 Å². The van der Waals surface area contributed by atoms with Crippen LogP contribution in [0, 0.1) is 10.1 Å². The number of hydrogen-bond donors (Lipinski definition) is 0. The molecule has 0 aliphatic carbocycles. The number of halogens is 3. The third-order valence-corrected chi connectivity index (χ3v) is 6.80. The molecule has 1 fully saturated rings. The molecule has 218 valence electrons. The Morgan fingerprint density at radius 1 is 1.12 bits per heavy atom. The number of aromatic nitrogens is 2. The number of anilines is 1. The van der Waals surface area contributed by atoms with E-state index in [0.29, 0.717) is 18.9 Å². The van der Waals surface area contributed by atoms with Crippen LogP contribution in [0.3, 0.4) is 0 Å². The molecule has 1 saturated heterocycles. The van der Waals surface area contributed by atoms with Gasteiger partial charge in [0.1, 0.15) is 24.3 Å². The van der Waals surface area contributed by atoms with Gasteiger partial charge in [-0.05, 0) is 66.7 Å². The number of ether oxygens (including phenoxy) is 4. The van der Waals surface area contributed by atoms with E-state index in [1.807, 2.05) is 37.3 Å². The van der Waals surface area contributed by atoms with E-state index in [1.165, 1.54) is 18.3 Å². The SMILES string of the molecule is C[C@]1(COc2ccc(N3CCC(OC/C=C/c4ccc(OC(F)(F)F)cc4)CC3)cc2)Cn2cc([N+](=O)[O-])nc2O1. The Morgan fingerprint density at radius 2 is 1.80 bits per heavy atom. The van der Waals surface area contributed by atoms with E-state index in [9.17, 15) is 23.3 Å². The quantitative estimate of drug-likeness (QED) is 0.227. The van der Waals surface area contributed by atoms with E-state index in [-0.39, 0.29) is 30.3 Å². The summed E-state index contributed by atoms with van der Waals surface area (Å²) >= 11 is 0. The minimum Gasteiger partial charge on any atom is -0.489 e. The van der Waals surface area contributed by atoms with E-state index < -0.39 is 16.9 Å². The number of hydrogen-bond acceptors (Lipinski definition) is 8. The second kappa shape index (κ2) is 11.7. The van der Waals surface area contributed by atoms with Gasteiger partial charge in [0.2, 0.25) is 0 Å². The highest BCUT2D eigenvalue weighted by Crippen LogP contribution is 2.32. The van der Waals surface area contributed by atoms with Crippen LogP contribution >= 0.6 is 0 Å². The molecule has 3 heterocycles. The molecule has 1 aromatic heterocycles. The first-order chi connectivity index (χ1) is 19.6. The van der Waals surface area contributed by atoms with Crippen LogP contribution in [0.2, 0.25) is 0 Å². The average molecular weight is 575 g/mol. The van der Waals surface area contributed by atoms with Crippen molar-refractivity contribution in [3.8, 4) is 17.5 Å². The van der Waals surface area contributed by atoms with Crippen molar-refractivity contribution in [3.63, 3.8) is 0 Å². The maximum Gasteiger partial charge on any atom is 0.573 e. The van der Waals surface area contributed by atoms with E-state index in [4.69, 9.17) is 14.2 Å². The van der Waals surface area contributed by atoms with Gasteiger partial charge in [-0.15, -0.1) is 13.2 Å². The lowest BCUT2D eigenvalue weighted by molar-refractivity contribution is -0.389. The molecule has 13 heteroatoms. The first kappa shape index (κ1) is 28.3. The van der Waals surface area contributed by atoms with Gasteiger partial charge in [-0.3, -0.25) is 4.57 Å². The van der Waals surface area contributed by atoms with E-state index in [0.717, 1.165) is 37.2 Å². The zero-order valence-corrected chi connectivity index (χ0v) is 22.3. The summed E-state index contributed by atoms with van der Waals surface area (Å²) in [5.41, 5.74) is 1.17. The molecule has 3 aromatic rings. The molecule has 1 atom stereocenters. The molecule has 5 rings (SSSR count). The Hall–Kier alpha value is -4.26. The zero-order chi connectivity index (χ0) is 29.0. The van der Waals surface area contributed by atoms with Crippen molar-refractivity contribution >= 4 is 17.6 Å². The molecule has 41 heavy (non-hydrogen) atoms. The van der Waals surface area contributed by atoms with Gasteiger partial charge in [0.15, 0.2) is 5.60 Å². The number of nitrogens with zero attached hydrogens (tertiary/aromatic N) is 4. The maximum atomic E-state index is 12.3. The van der Waals surface area contributed by atoms with Gasteiger partial charge in [-0.1, -0.05) is 24.3 Å². The topological polar surface area (TPSA) is 101 Å². The number of benzene rings is 2. The van der Waals surface area contributed by atoms with E-state index in [2.05, 4.69) is 14.6 Å². The first-order valence-electron chi connectivity index (χ1n) is 13.1. The Kier molecular flexibility index (Phi) is 8.06. The summed E-state index contributed by atoms with van der Waals surface area (Å²) in [5.74, 6) is 0.205. The van der Waals surface area contributed by atoms with Crippen molar-refractivity contribution in [3.05, 3.63) is 76.5 Å². The highest BCUT2D eigenvalue weighted by Gasteiger charge is 2.41. The van der Waals surface area contributed by atoms with Crippen LogP contribution in [0.1, 0.15) is 25.3 Å². The first-order valence-corrected chi connectivity index (χ1v) is 13.1. The summed E-state index contributed by atoms with van der Waals surface area (Å²) in [6.07, 6.45) is 2.19. The number of imidazole rings is 1. The van der Waals surface area contributed by atoms with Gasteiger partial charge in [-0.25, -0.2) is 0 Å². The largest absolute Gasteiger partial charge is 0.573 e. The molecule has 0 N–H and O–H groups in total. The number of fused-ring (bicyclic) bond motifs is 1. The molecule has 0 bridgehead atoms. The fourth-order valence-electron chi connectivity index (χ4n) is 4.78. The van der Waals surface area contributed by atoms with Crippen LogP contribution in [0.4, 0.5) is 24.7 Å². The molecule has 0 amide bonds. The fourth-order valence-corrected chi connectivity index (χ4v) is 4.78. The lowest BCUT2D eigenvalue weighted by Gasteiger charge is -2.33. The summed E-state index contributed by atoms with van der Waals surface area (Å²) in [6.45, 7) is 4.65. The summed E-state index contributed by atoms with van der Waals surface area (Å²) in [4.78, 5) is 16.5. The fraction of sp³-hybridized carbons (Fsp3) is 0.393. The monoisotopic (exact) mass is 574 g/mol. The molecule has 0 unspecified atom stereocenters. The van der Waals surface area contributed by atoms with Crippen molar-refractivity contribution in [2.24, 2.45) is 0 Å². The molecule has 2 aromatic carbocycles. The minimum absolute atomic E-state index is 0.129. The molecule has 0 saturated carbocycles.